The molecule has 1 fully saturated rings. The molecule has 0 spiro atoms. The summed E-state index contributed by atoms with van der Waals surface area (Å²) in [6, 6.07) is 13.3. The number of carbonyl (C=O) groups is 1. The predicted octanol–water partition coefficient (Wildman–Crippen LogP) is 3.63. The lowest BCUT2D eigenvalue weighted by atomic mass is 9.65. The molecular formula is C26H23NO8. The maximum Gasteiger partial charge on any atom is 0.310 e. The molecule has 0 aromatic heterocycles. The first-order chi connectivity index (χ1) is 16.9. The molecule has 0 saturated carbocycles. The number of methoxy groups -OCH3 is 1. The molecule has 3 aromatic rings. The molecule has 6 rings (SSSR count). The molecule has 4 N–H and O–H groups in total. The van der Waals surface area contributed by atoms with Crippen LogP contribution in [0.1, 0.15) is 28.7 Å². The van der Waals surface area contributed by atoms with Crippen LogP contribution >= 0.6 is 0 Å². The molecule has 1 saturated heterocycles. The minimum absolute atomic E-state index is 0.0989. The topological polar surface area (TPSA) is 127 Å². The highest BCUT2D eigenvalue weighted by atomic mass is 16.7. The number of phenols is 3. The van der Waals surface area contributed by atoms with E-state index in [1.54, 1.807) is 30.3 Å². The van der Waals surface area contributed by atoms with E-state index in [9.17, 15) is 20.1 Å². The van der Waals surface area contributed by atoms with Crippen LogP contribution in [-0.2, 0) is 9.53 Å². The van der Waals surface area contributed by atoms with E-state index in [4.69, 9.17) is 18.9 Å². The maximum absolute atomic E-state index is 13.1. The Hall–Kier alpha value is -4.27. The van der Waals surface area contributed by atoms with E-state index in [2.05, 4.69) is 5.32 Å². The zero-order valence-electron chi connectivity index (χ0n) is 18.7. The molecule has 3 aromatic carbocycles. The molecule has 1 unspecified atom stereocenters. The lowest BCUT2D eigenvalue weighted by Gasteiger charge is -2.40. The van der Waals surface area contributed by atoms with Crippen molar-refractivity contribution in [2.45, 2.75) is 12.0 Å². The first-order valence-electron chi connectivity index (χ1n) is 11.2. The van der Waals surface area contributed by atoms with Crippen molar-refractivity contribution in [2.75, 3.05) is 25.8 Å². The van der Waals surface area contributed by atoms with E-state index < -0.39 is 11.8 Å². The van der Waals surface area contributed by atoms with Crippen molar-refractivity contribution < 1.29 is 39.1 Å². The van der Waals surface area contributed by atoms with Crippen molar-refractivity contribution in [3.8, 4) is 34.5 Å². The van der Waals surface area contributed by atoms with Gasteiger partial charge in [0.05, 0.1) is 25.7 Å². The highest BCUT2D eigenvalue weighted by Gasteiger charge is 2.52. The maximum atomic E-state index is 13.1. The Morgan fingerprint density at radius 1 is 0.943 bits per heavy atom. The second-order valence-corrected chi connectivity index (χ2v) is 8.89. The average Bonchev–Trinajstić information content (AvgIpc) is 3.47. The van der Waals surface area contributed by atoms with Crippen LogP contribution < -0.4 is 19.5 Å². The summed E-state index contributed by atoms with van der Waals surface area (Å²) in [7, 11) is 1.40. The third kappa shape index (κ3) is 3.34. The normalized spacial score (nSPS) is 23.9. The quantitative estimate of drug-likeness (QED) is 0.253. The van der Waals surface area contributed by atoms with Crippen LogP contribution in [0.3, 0.4) is 0 Å². The SMILES string of the molecule is COc1cc([C@@H]2c3cc4c(cc3C(Nc3ccc(O)cc3)[C@H]3COC(=O)[C@H]23)OCO4)cc(O)c1O. The average molecular weight is 477 g/mol. The number of cyclic esters (lactones) is 1. The lowest BCUT2D eigenvalue weighted by Crippen LogP contribution is -2.37. The summed E-state index contributed by atoms with van der Waals surface area (Å²) < 4.78 is 22.1. The fraction of sp³-hybridized carbons (Fsp3) is 0.269. The number of anilines is 1. The molecule has 2 heterocycles. The zero-order chi connectivity index (χ0) is 24.3. The first kappa shape index (κ1) is 21.3. The molecule has 0 radical (unpaired) electrons. The molecule has 3 aliphatic rings. The van der Waals surface area contributed by atoms with Crippen molar-refractivity contribution in [3.05, 3.63) is 65.2 Å². The number of aromatic hydroxyl groups is 3. The molecule has 4 atom stereocenters. The van der Waals surface area contributed by atoms with Gasteiger partial charge in [-0.15, -0.1) is 0 Å². The largest absolute Gasteiger partial charge is 0.508 e. The van der Waals surface area contributed by atoms with Gasteiger partial charge < -0.3 is 39.6 Å². The van der Waals surface area contributed by atoms with Gasteiger partial charge in [-0.05, 0) is 65.2 Å². The summed E-state index contributed by atoms with van der Waals surface area (Å²) in [6.45, 7) is 0.312. The lowest BCUT2D eigenvalue weighted by molar-refractivity contribution is -0.141. The molecule has 180 valence electrons. The number of hydrogen-bond acceptors (Lipinski definition) is 9. The number of hydrogen-bond donors (Lipinski definition) is 4. The van der Waals surface area contributed by atoms with Crippen molar-refractivity contribution in [3.63, 3.8) is 0 Å². The van der Waals surface area contributed by atoms with Crippen molar-refractivity contribution in [1.29, 1.82) is 0 Å². The summed E-state index contributed by atoms with van der Waals surface area (Å²) in [5, 5.41) is 33.8. The minimum Gasteiger partial charge on any atom is -0.508 e. The molecule has 0 bridgehead atoms. The molecule has 2 aliphatic heterocycles. The Morgan fingerprint density at radius 3 is 2.37 bits per heavy atom. The van der Waals surface area contributed by atoms with Crippen LogP contribution in [0.4, 0.5) is 5.69 Å². The molecule has 9 nitrogen and oxygen atoms in total. The number of carbonyl (C=O) groups excluding carboxylic acids is 1. The van der Waals surface area contributed by atoms with Crippen molar-refractivity contribution >= 4 is 11.7 Å². The Balaban J connectivity index is 1.54. The van der Waals surface area contributed by atoms with Gasteiger partial charge in [0.25, 0.3) is 0 Å². The Bertz CT molecular complexity index is 1320. The second-order valence-electron chi connectivity index (χ2n) is 8.89. The van der Waals surface area contributed by atoms with E-state index >= 15 is 0 Å². The Labute approximate surface area is 200 Å². The van der Waals surface area contributed by atoms with E-state index in [1.165, 1.54) is 13.2 Å². The first-order valence-corrected chi connectivity index (χ1v) is 11.2. The summed E-state index contributed by atoms with van der Waals surface area (Å²) in [5.41, 5.74) is 3.10. The van der Waals surface area contributed by atoms with Crippen LogP contribution in [0.5, 0.6) is 34.5 Å². The molecule has 1 aliphatic carbocycles. The number of esters is 1. The van der Waals surface area contributed by atoms with Gasteiger partial charge in [0.2, 0.25) is 12.5 Å². The fourth-order valence-electron chi connectivity index (χ4n) is 5.43. The summed E-state index contributed by atoms with van der Waals surface area (Å²) in [4.78, 5) is 13.1. The number of benzene rings is 3. The van der Waals surface area contributed by atoms with Gasteiger partial charge in [-0.25, -0.2) is 0 Å². The van der Waals surface area contributed by atoms with Gasteiger partial charge in [0.15, 0.2) is 23.0 Å². The second kappa shape index (κ2) is 7.90. The van der Waals surface area contributed by atoms with E-state index in [0.717, 1.165) is 16.8 Å². The van der Waals surface area contributed by atoms with E-state index in [0.29, 0.717) is 17.1 Å². The summed E-state index contributed by atoms with van der Waals surface area (Å²) in [5.74, 6) is -0.903. The number of ether oxygens (including phenoxy) is 4. The Morgan fingerprint density at radius 2 is 1.66 bits per heavy atom. The van der Waals surface area contributed by atoms with Crippen LogP contribution in [0, 0.1) is 11.8 Å². The van der Waals surface area contributed by atoms with Crippen LogP contribution in [-0.4, -0.2) is 41.8 Å². The third-order valence-electron chi connectivity index (χ3n) is 7.03. The smallest absolute Gasteiger partial charge is 0.310 e. The minimum atomic E-state index is -0.564. The number of phenolic OH excluding ortho intramolecular Hbond substituents is 3. The predicted molar refractivity (Wildman–Crippen MR) is 123 cm³/mol. The van der Waals surface area contributed by atoms with Gasteiger partial charge >= 0.3 is 5.97 Å². The van der Waals surface area contributed by atoms with Gasteiger partial charge in [-0.1, -0.05) is 0 Å². The van der Waals surface area contributed by atoms with Gasteiger partial charge in [0, 0.05) is 17.5 Å². The van der Waals surface area contributed by atoms with Gasteiger partial charge in [0.1, 0.15) is 5.75 Å². The van der Waals surface area contributed by atoms with Crippen molar-refractivity contribution in [1.82, 2.24) is 0 Å². The fourth-order valence-corrected chi connectivity index (χ4v) is 5.43. The molecule has 35 heavy (non-hydrogen) atoms. The number of rotatable bonds is 4. The Kier molecular flexibility index (Phi) is 4.80. The highest BCUT2D eigenvalue weighted by Crippen LogP contribution is 2.56. The van der Waals surface area contributed by atoms with Gasteiger partial charge in [-0.3, -0.25) is 4.79 Å². The van der Waals surface area contributed by atoms with Crippen molar-refractivity contribution in [2.24, 2.45) is 11.8 Å². The van der Waals surface area contributed by atoms with Crippen LogP contribution in [0.15, 0.2) is 48.5 Å². The van der Waals surface area contributed by atoms with E-state index in [-0.39, 0.29) is 54.3 Å². The van der Waals surface area contributed by atoms with Crippen LogP contribution in [0.2, 0.25) is 0 Å². The highest BCUT2D eigenvalue weighted by molar-refractivity contribution is 5.79. The van der Waals surface area contributed by atoms with Crippen LogP contribution in [0.25, 0.3) is 0 Å². The van der Waals surface area contributed by atoms with Gasteiger partial charge in [-0.2, -0.15) is 0 Å². The molecule has 0 amide bonds. The molecular weight excluding hydrogens is 454 g/mol. The number of fused-ring (bicyclic) bond motifs is 3. The third-order valence-corrected chi connectivity index (χ3v) is 7.03. The summed E-state index contributed by atoms with van der Waals surface area (Å²) in [6.07, 6.45) is 0. The summed E-state index contributed by atoms with van der Waals surface area (Å²) >= 11 is 0. The number of nitrogens with one attached hydrogen (secondary N) is 1. The zero-order valence-corrected chi connectivity index (χ0v) is 18.7. The molecule has 9 heteroatoms. The van der Waals surface area contributed by atoms with E-state index in [1.807, 2.05) is 12.1 Å². The monoisotopic (exact) mass is 477 g/mol. The standard InChI is InChI=1S/C26H23NO8/c1-32-21-7-12(6-18(29)25(21)30)22-15-8-19-20(35-11-34-19)9-16(15)24(17-10-33-26(31)23(17)22)27-13-2-4-14(28)5-3-13/h2-9,17,22-24,27-30H,10-11H2,1H3/t17-,22+,23-,24?/m0/s1.